The van der Waals surface area contributed by atoms with Gasteiger partial charge < -0.3 is 19.5 Å². The van der Waals surface area contributed by atoms with Gasteiger partial charge in [-0.1, -0.05) is 30.1 Å². The third-order valence-corrected chi connectivity index (χ3v) is 5.93. The van der Waals surface area contributed by atoms with Crippen molar-refractivity contribution in [3.05, 3.63) is 76.5 Å². The lowest BCUT2D eigenvalue weighted by Crippen LogP contribution is -2.46. The van der Waals surface area contributed by atoms with Gasteiger partial charge >= 0.3 is 0 Å². The zero-order chi connectivity index (χ0) is 22.5. The van der Waals surface area contributed by atoms with E-state index in [4.69, 9.17) is 27.6 Å². The fourth-order valence-electron chi connectivity index (χ4n) is 3.71. The van der Waals surface area contributed by atoms with Crippen LogP contribution < -0.4 is 10.2 Å². The van der Waals surface area contributed by atoms with Crippen molar-refractivity contribution in [2.75, 3.05) is 42.9 Å². The standard InChI is InChI=1S/C25H25Cl2N3O2/c1-2-29-11-13-30(14-12-29)22-5-3-21(4-6-22)28-25(31)10-8-23-7-9-24(32-23)18-15-19(26)17-20(27)16-18/h3-10,15-17H,2,11-14H2,1H3,(H,28,31)/b10-8+. The molecule has 4 rings (SSSR count). The number of hydrogen-bond acceptors (Lipinski definition) is 4. The normalized spacial score (nSPS) is 14.8. The Bertz CT molecular complexity index is 1080. The molecule has 7 heteroatoms. The smallest absolute Gasteiger partial charge is 0.248 e. The number of nitrogens with one attached hydrogen (secondary N) is 1. The summed E-state index contributed by atoms with van der Waals surface area (Å²) in [5.41, 5.74) is 2.71. The van der Waals surface area contributed by atoms with Crippen LogP contribution in [0.1, 0.15) is 12.7 Å². The molecule has 1 amide bonds. The van der Waals surface area contributed by atoms with Crippen molar-refractivity contribution in [3.63, 3.8) is 0 Å². The summed E-state index contributed by atoms with van der Waals surface area (Å²) in [5.74, 6) is 0.968. The first-order valence-electron chi connectivity index (χ1n) is 10.6. The van der Waals surface area contributed by atoms with E-state index in [0.29, 0.717) is 21.6 Å². The highest BCUT2D eigenvalue weighted by molar-refractivity contribution is 6.35. The average molecular weight is 470 g/mol. The molecule has 0 unspecified atom stereocenters. The summed E-state index contributed by atoms with van der Waals surface area (Å²) in [6, 6.07) is 16.8. The maximum Gasteiger partial charge on any atom is 0.248 e. The largest absolute Gasteiger partial charge is 0.457 e. The Balaban J connectivity index is 1.33. The van der Waals surface area contributed by atoms with Crippen LogP contribution in [0.3, 0.4) is 0 Å². The van der Waals surface area contributed by atoms with Crippen LogP contribution in [0.2, 0.25) is 10.0 Å². The Morgan fingerprint density at radius 1 is 1.00 bits per heavy atom. The number of anilines is 2. The summed E-state index contributed by atoms with van der Waals surface area (Å²) in [4.78, 5) is 17.1. The van der Waals surface area contributed by atoms with Crippen molar-refractivity contribution in [2.45, 2.75) is 6.92 Å². The molecule has 1 aromatic heterocycles. The van der Waals surface area contributed by atoms with Crippen molar-refractivity contribution < 1.29 is 9.21 Å². The second-order valence-electron chi connectivity index (χ2n) is 7.65. The molecule has 1 aliphatic rings. The molecule has 166 valence electrons. The lowest BCUT2D eigenvalue weighted by molar-refractivity contribution is -0.111. The molecule has 1 aliphatic heterocycles. The van der Waals surface area contributed by atoms with E-state index in [2.05, 4.69) is 34.2 Å². The maximum atomic E-state index is 12.3. The average Bonchev–Trinajstić information content (AvgIpc) is 3.27. The molecule has 0 bridgehead atoms. The Labute approximate surface area is 198 Å². The van der Waals surface area contributed by atoms with E-state index in [9.17, 15) is 4.79 Å². The lowest BCUT2D eigenvalue weighted by Gasteiger charge is -2.35. The van der Waals surface area contributed by atoms with Gasteiger partial charge in [0.1, 0.15) is 11.5 Å². The van der Waals surface area contributed by atoms with Gasteiger partial charge in [-0.3, -0.25) is 4.79 Å². The molecule has 5 nitrogen and oxygen atoms in total. The molecule has 1 N–H and O–H groups in total. The number of carbonyl (C=O) groups excluding carboxylic acids is 1. The van der Waals surface area contributed by atoms with Gasteiger partial charge in [-0.2, -0.15) is 0 Å². The first-order valence-corrected chi connectivity index (χ1v) is 11.4. The molecule has 2 aromatic carbocycles. The Morgan fingerprint density at radius 3 is 2.34 bits per heavy atom. The van der Waals surface area contributed by atoms with Gasteiger partial charge in [-0.15, -0.1) is 0 Å². The van der Waals surface area contributed by atoms with E-state index >= 15 is 0 Å². The predicted molar refractivity (Wildman–Crippen MR) is 133 cm³/mol. The Hall–Kier alpha value is -2.73. The van der Waals surface area contributed by atoms with Gasteiger partial charge in [-0.25, -0.2) is 0 Å². The van der Waals surface area contributed by atoms with Gasteiger partial charge in [0.05, 0.1) is 0 Å². The van der Waals surface area contributed by atoms with Crippen LogP contribution >= 0.6 is 23.2 Å². The molecule has 32 heavy (non-hydrogen) atoms. The number of furan rings is 1. The van der Waals surface area contributed by atoms with Gasteiger partial charge in [0.25, 0.3) is 0 Å². The quantitative estimate of drug-likeness (QED) is 0.446. The Kier molecular flexibility index (Phi) is 7.20. The number of halogens is 2. The van der Waals surface area contributed by atoms with Crippen LogP contribution in [-0.4, -0.2) is 43.5 Å². The number of likely N-dealkylation sites (N-methyl/N-ethyl adjacent to an activating group) is 1. The number of nitrogens with zero attached hydrogens (tertiary/aromatic N) is 2. The van der Waals surface area contributed by atoms with Gasteiger partial charge in [0.2, 0.25) is 5.91 Å². The highest BCUT2D eigenvalue weighted by Gasteiger charge is 2.15. The van der Waals surface area contributed by atoms with Crippen molar-refractivity contribution in [3.8, 4) is 11.3 Å². The van der Waals surface area contributed by atoms with E-state index in [-0.39, 0.29) is 5.91 Å². The number of carbonyl (C=O) groups is 1. The molecule has 0 saturated carbocycles. The molecule has 2 heterocycles. The number of hydrogen-bond donors (Lipinski definition) is 1. The molecule has 0 radical (unpaired) electrons. The molecule has 0 spiro atoms. The highest BCUT2D eigenvalue weighted by Crippen LogP contribution is 2.29. The Morgan fingerprint density at radius 2 is 1.69 bits per heavy atom. The zero-order valence-corrected chi connectivity index (χ0v) is 19.4. The summed E-state index contributed by atoms with van der Waals surface area (Å²) < 4.78 is 5.79. The topological polar surface area (TPSA) is 48.7 Å². The van der Waals surface area contributed by atoms with Crippen LogP contribution in [-0.2, 0) is 4.79 Å². The minimum Gasteiger partial charge on any atom is -0.457 e. The summed E-state index contributed by atoms with van der Waals surface area (Å²) in [5, 5.41) is 3.96. The van der Waals surface area contributed by atoms with E-state index < -0.39 is 0 Å². The summed E-state index contributed by atoms with van der Waals surface area (Å²) >= 11 is 12.1. The summed E-state index contributed by atoms with van der Waals surface area (Å²) in [6.45, 7) is 7.50. The minimum atomic E-state index is -0.224. The molecular formula is C25H25Cl2N3O2. The monoisotopic (exact) mass is 469 g/mol. The first-order chi connectivity index (χ1) is 15.5. The second kappa shape index (κ2) is 10.3. The zero-order valence-electron chi connectivity index (χ0n) is 17.9. The number of rotatable bonds is 6. The third-order valence-electron chi connectivity index (χ3n) is 5.49. The molecule has 0 aliphatic carbocycles. The molecular weight excluding hydrogens is 445 g/mol. The number of piperazine rings is 1. The summed E-state index contributed by atoms with van der Waals surface area (Å²) in [6.07, 6.45) is 3.08. The van der Waals surface area contributed by atoms with Crippen LogP contribution in [0.25, 0.3) is 17.4 Å². The molecule has 3 aromatic rings. The summed E-state index contributed by atoms with van der Waals surface area (Å²) in [7, 11) is 0. The lowest BCUT2D eigenvalue weighted by atomic mass is 10.2. The minimum absolute atomic E-state index is 0.224. The fourth-order valence-corrected chi connectivity index (χ4v) is 4.24. The van der Waals surface area contributed by atoms with E-state index in [1.807, 2.05) is 18.2 Å². The SMILES string of the molecule is CCN1CCN(c2ccc(NC(=O)/C=C/c3ccc(-c4cc(Cl)cc(Cl)c4)o3)cc2)CC1. The van der Waals surface area contributed by atoms with E-state index in [1.54, 1.807) is 30.3 Å². The van der Waals surface area contributed by atoms with Crippen molar-refractivity contribution in [1.29, 1.82) is 0 Å². The van der Waals surface area contributed by atoms with Gasteiger partial charge in [0.15, 0.2) is 0 Å². The van der Waals surface area contributed by atoms with Crippen LogP contribution in [0.4, 0.5) is 11.4 Å². The van der Waals surface area contributed by atoms with Crippen molar-refractivity contribution in [2.24, 2.45) is 0 Å². The fraction of sp³-hybridized carbons (Fsp3) is 0.240. The van der Waals surface area contributed by atoms with Crippen LogP contribution in [0, 0.1) is 0 Å². The van der Waals surface area contributed by atoms with Crippen LogP contribution in [0.5, 0.6) is 0 Å². The van der Waals surface area contributed by atoms with Crippen LogP contribution in [0.15, 0.2) is 65.1 Å². The van der Waals surface area contributed by atoms with Crippen molar-refractivity contribution in [1.82, 2.24) is 4.90 Å². The third kappa shape index (κ3) is 5.74. The van der Waals surface area contributed by atoms with E-state index in [1.165, 1.54) is 11.8 Å². The second-order valence-corrected chi connectivity index (χ2v) is 8.52. The number of benzene rings is 2. The van der Waals surface area contributed by atoms with Crippen molar-refractivity contribution >= 4 is 46.6 Å². The van der Waals surface area contributed by atoms with Gasteiger partial charge in [-0.05, 0) is 67.2 Å². The van der Waals surface area contributed by atoms with E-state index in [0.717, 1.165) is 44.0 Å². The molecule has 0 atom stereocenters. The first kappa shape index (κ1) is 22.5. The highest BCUT2D eigenvalue weighted by atomic mass is 35.5. The molecule has 1 saturated heterocycles. The van der Waals surface area contributed by atoms with Gasteiger partial charge in [0, 0.05) is 59.2 Å². The maximum absolute atomic E-state index is 12.3. The molecule has 1 fully saturated rings. The predicted octanol–water partition coefficient (Wildman–Crippen LogP) is 6.05. The number of amides is 1.